The van der Waals surface area contributed by atoms with Crippen LogP contribution in [-0.4, -0.2) is 37.1 Å². The Kier molecular flexibility index (Phi) is 7.70. The Labute approximate surface area is 161 Å². The van der Waals surface area contributed by atoms with Gasteiger partial charge in [-0.15, -0.1) is 0 Å². The van der Waals surface area contributed by atoms with Crippen LogP contribution in [0, 0.1) is 5.92 Å². The van der Waals surface area contributed by atoms with Crippen molar-refractivity contribution >= 4 is 18.0 Å². The summed E-state index contributed by atoms with van der Waals surface area (Å²) in [6.45, 7) is 7.14. The Morgan fingerprint density at radius 1 is 1.19 bits per heavy atom. The van der Waals surface area contributed by atoms with E-state index in [-0.39, 0.29) is 11.6 Å². The summed E-state index contributed by atoms with van der Waals surface area (Å²) in [5.41, 5.74) is 1.03. The lowest BCUT2D eigenvalue weighted by atomic mass is 10.0. The molecule has 0 bridgehead atoms. The van der Waals surface area contributed by atoms with Crippen LogP contribution in [-0.2, 0) is 4.79 Å². The lowest BCUT2D eigenvalue weighted by molar-refractivity contribution is -0.122. The van der Waals surface area contributed by atoms with E-state index in [0.29, 0.717) is 30.6 Å². The molecule has 3 amide bonds. The number of benzene rings is 1. The van der Waals surface area contributed by atoms with Crippen molar-refractivity contribution in [2.75, 3.05) is 20.3 Å². The lowest BCUT2D eigenvalue weighted by Crippen LogP contribution is -2.30. The van der Waals surface area contributed by atoms with Gasteiger partial charge in [0.25, 0.3) is 5.91 Å². The number of likely N-dealkylation sites (N-methyl/N-ethyl adjacent to an activating group) is 1. The molecule has 2 rings (SSSR count). The molecule has 1 aromatic carbocycles. The van der Waals surface area contributed by atoms with E-state index in [9.17, 15) is 9.59 Å². The van der Waals surface area contributed by atoms with E-state index >= 15 is 0 Å². The topological polar surface area (TPSA) is 67.9 Å². The van der Waals surface area contributed by atoms with Crippen molar-refractivity contribution in [3.8, 4) is 11.5 Å². The number of amides is 3. The predicted molar refractivity (Wildman–Crippen MR) is 106 cm³/mol. The molecule has 1 fully saturated rings. The first-order valence-corrected chi connectivity index (χ1v) is 9.69. The molecule has 1 aromatic rings. The van der Waals surface area contributed by atoms with Gasteiger partial charge in [0, 0.05) is 6.54 Å². The summed E-state index contributed by atoms with van der Waals surface area (Å²) in [5.74, 6) is 1.51. The van der Waals surface area contributed by atoms with Gasteiger partial charge in [0.1, 0.15) is 5.70 Å². The standard InChI is InChI=1S/C21H30N2O4/c1-5-8-9-15(6-2)14-27-18-11-10-16(13-19(18)26-4)12-17-20(24)23(7-3)21(25)22-17/h10-13,15H,5-9,14H2,1-4H3,(H,22,25). The average molecular weight is 374 g/mol. The first kappa shape index (κ1) is 20.8. The molecule has 1 saturated heterocycles. The lowest BCUT2D eigenvalue weighted by Gasteiger charge is -2.17. The fraction of sp³-hybridized carbons (Fsp3) is 0.524. The summed E-state index contributed by atoms with van der Waals surface area (Å²) in [5, 5.41) is 2.60. The second-order valence-corrected chi connectivity index (χ2v) is 6.68. The van der Waals surface area contributed by atoms with Crippen LogP contribution in [0.2, 0.25) is 0 Å². The summed E-state index contributed by atoms with van der Waals surface area (Å²) in [4.78, 5) is 25.1. The molecule has 0 aromatic heterocycles. The highest BCUT2D eigenvalue weighted by Crippen LogP contribution is 2.30. The molecule has 6 heteroatoms. The monoisotopic (exact) mass is 374 g/mol. The van der Waals surface area contributed by atoms with Gasteiger partial charge in [-0.25, -0.2) is 4.79 Å². The molecular weight excluding hydrogens is 344 g/mol. The number of carbonyl (C=O) groups is 2. The summed E-state index contributed by atoms with van der Waals surface area (Å²) >= 11 is 0. The quantitative estimate of drug-likeness (QED) is 0.492. The highest BCUT2D eigenvalue weighted by Gasteiger charge is 2.32. The number of hydrogen-bond acceptors (Lipinski definition) is 4. The van der Waals surface area contributed by atoms with E-state index in [2.05, 4.69) is 19.2 Å². The highest BCUT2D eigenvalue weighted by molar-refractivity contribution is 6.13. The molecule has 1 atom stereocenters. The van der Waals surface area contributed by atoms with Crippen LogP contribution in [0.25, 0.3) is 6.08 Å². The zero-order valence-electron chi connectivity index (χ0n) is 16.7. The third-order valence-electron chi connectivity index (χ3n) is 4.80. The second-order valence-electron chi connectivity index (χ2n) is 6.68. The molecule has 0 saturated carbocycles. The van der Waals surface area contributed by atoms with Crippen molar-refractivity contribution in [1.82, 2.24) is 10.2 Å². The largest absolute Gasteiger partial charge is 0.493 e. The first-order chi connectivity index (χ1) is 13.0. The van der Waals surface area contributed by atoms with Gasteiger partial charge in [-0.1, -0.05) is 39.2 Å². The number of carbonyl (C=O) groups excluding carboxylic acids is 2. The maximum Gasteiger partial charge on any atom is 0.328 e. The fourth-order valence-electron chi connectivity index (χ4n) is 3.02. The number of nitrogens with one attached hydrogen (secondary N) is 1. The van der Waals surface area contributed by atoms with Crippen LogP contribution in [0.1, 0.15) is 52.0 Å². The fourth-order valence-corrected chi connectivity index (χ4v) is 3.02. The van der Waals surface area contributed by atoms with Gasteiger partial charge in [-0.2, -0.15) is 0 Å². The molecule has 1 aliphatic heterocycles. The van der Waals surface area contributed by atoms with Crippen LogP contribution >= 0.6 is 0 Å². The molecule has 1 aliphatic rings. The number of methoxy groups -OCH3 is 1. The molecule has 1 N–H and O–H groups in total. The Balaban J connectivity index is 2.11. The Hall–Kier alpha value is -2.50. The van der Waals surface area contributed by atoms with Crippen molar-refractivity contribution in [2.45, 2.75) is 46.5 Å². The van der Waals surface area contributed by atoms with Gasteiger partial charge in [0.05, 0.1) is 13.7 Å². The van der Waals surface area contributed by atoms with Crippen LogP contribution in [0.5, 0.6) is 11.5 Å². The minimum Gasteiger partial charge on any atom is -0.493 e. The van der Waals surface area contributed by atoms with Crippen molar-refractivity contribution < 1.29 is 19.1 Å². The van der Waals surface area contributed by atoms with Gasteiger partial charge in [-0.05, 0) is 43.0 Å². The number of nitrogens with zero attached hydrogens (tertiary/aromatic N) is 1. The molecule has 1 unspecified atom stereocenters. The van der Waals surface area contributed by atoms with Crippen molar-refractivity contribution in [3.63, 3.8) is 0 Å². The number of rotatable bonds is 10. The van der Waals surface area contributed by atoms with E-state index in [4.69, 9.17) is 9.47 Å². The SMILES string of the molecule is CCCCC(CC)COc1ccc(C=C2NC(=O)N(CC)C2=O)cc1OC. The summed E-state index contributed by atoms with van der Waals surface area (Å²) in [6, 6.07) is 5.12. The highest BCUT2D eigenvalue weighted by atomic mass is 16.5. The normalized spacial score (nSPS) is 16.6. The number of hydrogen-bond donors (Lipinski definition) is 1. The zero-order chi connectivity index (χ0) is 19.8. The third-order valence-corrected chi connectivity index (χ3v) is 4.80. The molecule has 148 valence electrons. The summed E-state index contributed by atoms with van der Waals surface area (Å²) in [7, 11) is 1.59. The molecule has 27 heavy (non-hydrogen) atoms. The summed E-state index contributed by atoms with van der Waals surface area (Å²) in [6.07, 6.45) is 6.30. The van der Waals surface area contributed by atoms with Gasteiger partial charge in [0.2, 0.25) is 0 Å². The second kappa shape index (κ2) is 10.00. The average Bonchev–Trinajstić information content (AvgIpc) is 2.95. The van der Waals surface area contributed by atoms with Crippen LogP contribution in [0.4, 0.5) is 4.79 Å². The molecule has 0 aliphatic carbocycles. The zero-order valence-corrected chi connectivity index (χ0v) is 16.7. The molecule has 1 heterocycles. The van der Waals surface area contributed by atoms with Crippen molar-refractivity contribution in [2.24, 2.45) is 5.92 Å². The maximum atomic E-state index is 12.2. The Morgan fingerprint density at radius 2 is 1.96 bits per heavy atom. The first-order valence-electron chi connectivity index (χ1n) is 9.69. The van der Waals surface area contributed by atoms with E-state index in [1.807, 2.05) is 18.2 Å². The third kappa shape index (κ3) is 5.25. The van der Waals surface area contributed by atoms with E-state index in [0.717, 1.165) is 18.4 Å². The van der Waals surface area contributed by atoms with Crippen molar-refractivity contribution in [3.05, 3.63) is 29.5 Å². The molecule has 0 spiro atoms. The van der Waals surface area contributed by atoms with Crippen LogP contribution in [0.15, 0.2) is 23.9 Å². The number of urea groups is 1. The molecular formula is C21H30N2O4. The number of ether oxygens (including phenoxy) is 2. The van der Waals surface area contributed by atoms with E-state index < -0.39 is 6.03 Å². The minimum absolute atomic E-state index is 0.267. The van der Waals surface area contributed by atoms with Crippen LogP contribution < -0.4 is 14.8 Å². The maximum absolute atomic E-state index is 12.2. The van der Waals surface area contributed by atoms with E-state index in [1.165, 1.54) is 17.7 Å². The number of unbranched alkanes of at least 4 members (excludes halogenated alkanes) is 1. The van der Waals surface area contributed by atoms with Gasteiger partial charge < -0.3 is 14.8 Å². The van der Waals surface area contributed by atoms with Gasteiger partial charge in [0.15, 0.2) is 11.5 Å². The van der Waals surface area contributed by atoms with E-state index in [1.54, 1.807) is 20.1 Å². The van der Waals surface area contributed by atoms with Crippen LogP contribution in [0.3, 0.4) is 0 Å². The molecule has 0 radical (unpaired) electrons. The number of imide groups is 1. The summed E-state index contributed by atoms with van der Waals surface area (Å²) < 4.78 is 11.4. The predicted octanol–water partition coefficient (Wildman–Crippen LogP) is 4.20. The van der Waals surface area contributed by atoms with Gasteiger partial charge in [-0.3, -0.25) is 9.69 Å². The van der Waals surface area contributed by atoms with Crippen molar-refractivity contribution in [1.29, 1.82) is 0 Å². The Bertz CT molecular complexity index is 699. The molecule has 6 nitrogen and oxygen atoms in total. The smallest absolute Gasteiger partial charge is 0.328 e. The minimum atomic E-state index is -0.390. The Morgan fingerprint density at radius 3 is 2.56 bits per heavy atom. The van der Waals surface area contributed by atoms with Gasteiger partial charge >= 0.3 is 6.03 Å².